The zero-order valence-corrected chi connectivity index (χ0v) is 12.7. The Bertz CT molecular complexity index is 712. The van der Waals surface area contributed by atoms with E-state index in [1.807, 2.05) is 24.3 Å². The largest absolute Gasteiger partial charge is 0.273 e. The van der Waals surface area contributed by atoms with Crippen LogP contribution < -0.4 is 5.43 Å². The molecule has 1 aromatic carbocycles. The lowest BCUT2D eigenvalue weighted by Gasteiger charge is -2.55. The number of carbonyl (C=O) groups excluding carboxylic acids is 1. The Morgan fingerprint density at radius 2 is 1.73 bits per heavy atom. The van der Waals surface area contributed by atoms with E-state index in [1.165, 1.54) is 19.3 Å². The van der Waals surface area contributed by atoms with Crippen molar-refractivity contribution in [3.63, 3.8) is 0 Å². The summed E-state index contributed by atoms with van der Waals surface area (Å²) in [4.78, 5) is 17.4. The number of nitrogens with zero attached hydrogens (tertiary/aromatic N) is 2. The van der Waals surface area contributed by atoms with E-state index in [4.69, 9.17) is 0 Å². The number of imidazole rings is 1. The van der Waals surface area contributed by atoms with E-state index in [2.05, 4.69) is 10.4 Å². The highest BCUT2D eigenvalue weighted by atomic mass is 16.2. The predicted molar refractivity (Wildman–Crippen MR) is 84.7 cm³/mol. The number of carbonyl (C=O) groups is 1. The maximum absolute atomic E-state index is 13.0. The van der Waals surface area contributed by atoms with Crippen LogP contribution in [0.4, 0.5) is 0 Å². The molecule has 0 unspecified atom stereocenters. The molecular weight excluding hydrogens is 274 g/mol. The Kier molecular flexibility index (Phi) is 2.50. The van der Waals surface area contributed by atoms with Crippen molar-refractivity contribution in [1.29, 1.82) is 0 Å². The van der Waals surface area contributed by atoms with Gasteiger partial charge in [-0.1, -0.05) is 12.1 Å². The van der Waals surface area contributed by atoms with Gasteiger partial charge in [0, 0.05) is 0 Å². The van der Waals surface area contributed by atoms with Crippen molar-refractivity contribution in [1.82, 2.24) is 9.66 Å². The van der Waals surface area contributed by atoms with Crippen molar-refractivity contribution in [2.75, 3.05) is 5.43 Å². The number of hydrogen-bond acceptors (Lipinski definition) is 2. The van der Waals surface area contributed by atoms with E-state index in [1.54, 1.807) is 11.0 Å². The quantitative estimate of drug-likeness (QED) is 0.924. The highest BCUT2D eigenvalue weighted by molar-refractivity contribution is 5.91. The van der Waals surface area contributed by atoms with Gasteiger partial charge in [0.25, 0.3) is 0 Å². The molecule has 114 valence electrons. The molecule has 2 aromatic rings. The first-order chi connectivity index (χ1) is 10.7. The van der Waals surface area contributed by atoms with Crippen LogP contribution >= 0.6 is 0 Å². The first-order valence-corrected chi connectivity index (χ1v) is 8.45. The minimum absolute atomic E-state index is 0.111. The second kappa shape index (κ2) is 4.34. The molecule has 1 amide bonds. The molecule has 4 nitrogen and oxygen atoms in total. The van der Waals surface area contributed by atoms with Gasteiger partial charge in [-0.3, -0.25) is 10.2 Å². The van der Waals surface area contributed by atoms with Crippen LogP contribution in [0.3, 0.4) is 0 Å². The summed E-state index contributed by atoms with van der Waals surface area (Å²) in [5.41, 5.74) is 4.92. The van der Waals surface area contributed by atoms with Crippen LogP contribution in [-0.4, -0.2) is 15.6 Å². The Morgan fingerprint density at radius 3 is 2.41 bits per heavy atom. The lowest BCUT2D eigenvalue weighted by Crippen LogP contribution is -2.52. The lowest BCUT2D eigenvalue weighted by molar-refractivity contribution is -0.141. The Hall–Kier alpha value is -1.84. The van der Waals surface area contributed by atoms with Crippen molar-refractivity contribution in [3.05, 3.63) is 30.6 Å². The molecule has 4 fully saturated rings. The van der Waals surface area contributed by atoms with E-state index >= 15 is 0 Å². The maximum Gasteiger partial charge on any atom is 0.245 e. The van der Waals surface area contributed by atoms with Crippen molar-refractivity contribution in [3.8, 4) is 0 Å². The number of fused-ring (bicyclic) bond motifs is 1. The zero-order chi connectivity index (χ0) is 14.7. The molecule has 1 N–H and O–H groups in total. The molecule has 1 heterocycles. The van der Waals surface area contributed by atoms with Crippen LogP contribution in [0.25, 0.3) is 11.0 Å². The molecule has 4 bridgehead atoms. The maximum atomic E-state index is 13.0. The van der Waals surface area contributed by atoms with Crippen LogP contribution in [0.2, 0.25) is 0 Å². The van der Waals surface area contributed by atoms with E-state index in [-0.39, 0.29) is 11.3 Å². The van der Waals surface area contributed by atoms with Gasteiger partial charge in [0.2, 0.25) is 5.91 Å². The summed E-state index contributed by atoms with van der Waals surface area (Å²) in [7, 11) is 0. The standard InChI is InChI=1S/C18H21N3O/c22-17(20-21-11-19-15-3-1-2-4-16(15)21)18-8-12-5-13(9-18)7-14(6-12)10-18/h1-4,11-14H,5-10H2,(H,20,22). The third-order valence-corrected chi connectivity index (χ3v) is 6.20. The van der Waals surface area contributed by atoms with Gasteiger partial charge in [0.05, 0.1) is 16.4 Å². The highest BCUT2D eigenvalue weighted by Gasteiger charge is 2.54. The first kappa shape index (κ1) is 12.7. The second-order valence-electron chi connectivity index (χ2n) is 7.74. The fourth-order valence-electron chi connectivity index (χ4n) is 5.66. The summed E-state index contributed by atoms with van der Waals surface area (Å²) >= 11 is 0. The van der Waals surface area contributed by atoms with Crippen molar-refractivity contribution in [2.24, 2.45) is 23.2 Å². The van der Waals surface area contributed by atoms with E-state index in [0.717, 1.165) is 48.0 Å². The van der Waals surface area contributed by atoms with Gasteiger partial charge in [-0.15, -0.1) is 0 Å². The average molecular weight is 295 g/mol. The zero-order valence-electron chi connectivity index (χ0n) is 12.7. The number of para-hydroxylation sites is 2. The van der Waals surface area contributed by atoms with Crippen molar-refractivity contribution < 1.29 is 4.79 Å². The molecule has 4 saturated carbocycles. The molecular formula is C18H21N3O. The summed E-state index contributed by atoms with van der Waals surface area (Å²) in [6, 6.07) is 7.93. The topological polar surface area (TPSA) is 46.9 Å². The Balaban J connectivity index is 1.45. The van der Waals surface area contributed by atoms with Gasteiger partial charge in [0.15, 0.2) is 0 Å². The van der Waals surface area contributed by atoms with Crippen LogP contribution in [0.15, 0.2) is 30.6 Å². The molecule has 0 radical (unpaired) electrons. The van der Waals surface area contributed by atoms with E-state index in [9.17, 15) is 4.79 Å². The summed E-state index contributed by atoms with van der Waals surface area (Å²) in [5, 5.41) is 0. The number of benzene rings is 1. The lowest BCUT2D eigenvalue weighted by atomic mass is 9.49. The molecule has 0 atom stereocenters. The average Bonchev–Trinajstić information content (AvgIpc) is 2.89. The molecule has 4 aliphatic rings. The van der Waals surface area contributed by atoms with Gasteiger partial charge < -0.3 is 0 Å². The van der Waals surface area contributed by atoms with Crippen molar-refractivity contribution in [2.45, 2.75) is 38.5 Å². The molecule has 0 spiro atoms. The summed E-state index contributed by atoms with van der Waals surface area (Å²) in [6.07, 6.45) is 9.09. The van der Waals surface area contributed by atoms with Gasteiger partial charge >= 0.3 is 0 Å². The van der Waals surface area contributed by atoms with Crippen LogP contribution in [0.1, 0.15) is 38.5 Å². The third-order valence-electron chi connectivity index (χ3n) is 6.20. The van der Waals surface area contributed by atoms with Crippen LogP contribution in [0, 0.1) is 23.2 Å². The molecule has 22 heavy (non-hydrogen) atoms. The first-order valence-electron chi connectivity index (χ1n) is 8.45. The van der Waals surface area contributed by atoms with E-state index < -0.39 is 0 Å². The van der Waals surface area contributed by atoms with Gasteiger partial charge in [-0.25, -0.2) is 9.66 Å². The van der Waals surface area contributed by atoms with Gasteiger partial charge in [-0.2, -0.15) is 0 Å². The normalized spacial score (nSPS) is 35.9. The third kappa shape index (κ3) is 1.76. The molecule has 0 aliphatic heterocycles. The minimum Gasteiger partial charge on any atom is -0.273 e. The van der Waals surface area contributed by atoms with Crippen LogP contribution in [0.5, 0.6) is 0 Å². The number of rotatable bonds is 2. The predicted octanol–water partition coefficient (Wildman–Crippen LogP) is 3.32. The summed E-state index contributed by atoms with van der Waals surface area (Å²) in [6.45, 7) is 0. The van der Waals surface area contributed by atoms with E-state index in [0.29, 0.717) is 0 Å². The SMILES string of the molecule is O=C(Nn1cnc2ccccc21)C12CC3CC(CC(C3)C1)C2. The van der Waals surface area contributed by atoms with Crippen molar-refractivity contribution >= 4 is 16.9 Å². The number of amides is 1. The van der Waals surface area contributed by atoms with Crippen LogP contribution in [-0.2, 0) is 4.79 Å². The highest BCUT2D eigenvalue weighted by Crippen LogP contribution is 2.60. The van der Waals surface area contributed by atoms with Gasteiger partial charge in [0.1, 0.15) is 6.33 Å². The molecule has 4 heteroatoms. The fraction of sp³-hybridized carbons (Fsp3) is 0.556. The minimum atomic E-state index is -0.111. The monoisotopic (exact) mass is 295 g/mol. The number of nitrogens with one attached hydrogen (secondary N) is 1. The Morgan fingerprint density at radius 1 is 1.09 bits per heavy atom. The van der Waals surface area contributed by atoms with Gasteiger partial charge in [-0.05, 0) is 68.4 Å². The second-order valence-corrected chi connectivity index (χ2v) is 7.74. The number of hydrogen-bond donors (Lipinski definition) is 1. The summed E-state index contributed by atoms with van der Waals surface area (Å²) in [5.74, 6) is 2.58. The summed E-state index contributed by atoms with van der Waals surface area (Å²) < 4.78 is 1.80. The molecule has 0 saturated heterocycles. The molecule has 1 aromatic heterocycles. The molecule has 6 rings (SSSR count). The number of aromatic nitrogens is 2. The smallest absolute Gasteiger partial charge is 0.245 e. The molecule has 4 aliphatic carbocycles. The Labute approximate surface area is 129 Å². The fourth-order valence-corrected chi connectivity index (χ4v) is 5.66.